The number of hydrogen-bond donors (Lipinski definition) is 1. The summed E-state index contributed by atoms with van der Waals surface area (Å²) in [6.07, 6.45) is 2.26. The fourth-order valence-electron chi connectivity index (χ4n) is 3.17. The summed E-state index contributed by atoms with van der Waals surface area (Å²) in [5, 5.41) is 8.14. The Kier molecular flexibility index (Phi) is 3.82. The number of nitrogens with zero attached hydrogens (tertiary/aromatic N) is 2. The van der Waals surface area contributed by atoms with Gasteiger partial charge in [0, 0.05) is 22.9 Å². The largest absolute Gasteiger partial charge is 0.311 e. The van der Waals surface area contributed by atoms with Crippen molar-refractivity contribution in [1.82, 2.24) is 9.78 Å². The molecule has 0 spiro atoms. The van der Waals surface area contributed by atoms with Gasteiger partial charge in [-0.1, -0.05) is 54.1 Å². The fourth-order valence-corrected chi connectivity index (χ4v) is 3.37. The highest BCUT2D eigenvalue weighted by Crippen LogP contribution is 2.37. The molecule has 0 unspecified atom stereocenters. The van der Waals surface area contributed by atoms with Crippen molar-refractivity contribution in [3.8, 4) is 0 Å². The maximum Gasteiger partial charge on any atom is 0.226 e. The standard InChI is InChI=1S/C19H16ClN3O/c20-15-8-4-7-14(9-15)16-10-18(24)22-19-17(16)11-21-23(19)12-13-5-2-1-3-6-13/h1-9,11,16H,10,12H2,(H,22,24)/t16-/m0/s1. The van der Waals surface area contributed by atoms with E-state index in [2.05, 4.69) is 10.4 Å². The smallest absolute Gasteiger partial charge is 0.226 e. The van der Waals surface area contributed by atoms with Crippen molar-refractivity contribution in [3.63, 3.8) is 0 Å². The molecule has 1 aromatic heterocycles. The van der Waals surface area contributed by atoms with Crippen molar-refractivity contribution in [2.24, 2.45) is 0 Å². The lowest BCUT2D eigenvalue weighted by molar-refractivity contribution is -0.116. The van der Waals surface area contributed by atoms with Gasteiger partial charge in [0.15, 0.2) is 0 Å². The van der Waals surface area contributed by atoms with Crippen LogP contribution in [0.15, 0.2) is 60.8 Å². The van der Waals surface area contributed by atoms with E-state index in [0.717, 1.165) is 22.5 Å². The molecule has 5 heteroatoms. The molecule has 1 aliphatic rings. The van der Waals surface area contributed by atoms with Gasteiger partial charge >= 0.3 is 0 Å². The Balaban J connectivity index is 1.72. The number of rotatable bonds is 3. The topological polar surface area (TPSA) is 46.9 Å². The zero-order chi connectivity index (χ0) is 16.5. The third kappa shape index (κ3) is 2.81. The van der Waals surface area contributed by atoms with E-state index in [-0.39, 0.29) is 11.8 Å². The van der Waals surface area contributed by atoms with Crippen molar-refractivity contribution in [2.75, 3.05) is 5.32 Å². The monoisotopic (exact) mass is 337 g/mol. The third-order valence-corrected chi connectivity index (χ3v) is 4.55. The molecule has 2 heterocycles. The molecular formula is C19H16ClN3O. The molecule has 2 aromatic carbocycles. The molecule has 1 N–H and O–H groups in total. The first kappa shape index (κ1) is 15.0. The quantitative estimate of drug-likeness (QED) is 0.783. The van der Waals surface area contributed by atoms with E-state index in [9.17, 15) is 4.79 Å². The first-order valence-corrected chi connectivity index (χ1v) is 8.23. The van der Waals surface area contributed by atoms with Crippen LogP contribution in [0.1, 0.15) is 29.0 Å². The molecule has 4 rings (SSSR count). The predicted octanol–water partition coefficient (Wildman–Crippen LogP) is 4.06. The molecule has 24 heavy (non-hydrogen) atoms. The minimum atomic E-state index is -0.0167. The Morgan fingerprint density at radius 2 is 2.00 bits per heavy atom. The van der Waals surface area contributed by atoms with Crippen LogP contribution >= 0.6 is 11.6 Å². The van der Waals surface area contributed by atoms with Crippen LogP contribution in [0.2, 0.25) is 5.02 Å². The van der Waals surface area contributed by atoms with Crippen LogP contribution < -0.4 is 5.32 Å². The minimum Gasteiger partial charge on any atom is -0.311 e. The van der Waals surface area contributed by atoms with E-state index in [0.29, 0.717) is 18.0 Å². The molecule has 0 bridgehead atoms. The predicted molar refractivity (Wildman–Crippen MR) is 94.3 cm³/mol. The number of amides is 1. The van der Waals surface area contributed by atoms with Crippen LogP contribution in [0.25, 0.3) is 0 Å². The molecule has 0 radical (unpaired) electrons. The maximum atomic E-state index is 12.2. The van der Waals surface area contributed by atoms with Gasteiger partial charge in [0.05, 0.1) is 12.7 Å². The van der Waals surface area contributed by atoms with Crippen LogP contribution in [0.3, 0.4) is 0 Å². The molecule has 3 aromatic rings. The van der Waals surface area contributed by atoms with Crippen molar-refractivity contribution in [2.45, 2.75) is 18.9 Å². The Morgan fingerprint density at radius 3 is 2.79 bits per heavy atom. The zero-order valence-corrected chi connectivity index (χ0v) is 13.7. The van der Waals surface area contributed by atoms with Gasteiger partial charge in [-0.25, -0.2) is 4.68 Å². The molecule has 1 aliphatic heterocycles. The lowest BCUT2D eigenvalue weighted by Crippen LogP contribution is -2.25. The number of halogens is 1. The van der Waals surface area contributed by atoms with Gasteiger partial charge in [-0.2, -0.15) is 5.10 Å². The highest BCUT2D eigenvalue weighted by atomic mass is 35.5. The first-order chi connectivity index (χ1) is 11.7. The lowest BCUT2D eigenvalue weighted by atomic mass is 9.87. The van der Waals surface area contributed by atoms with Crippen LogP contribution in [0.5, 0.6) is 0 Å². The van der Waals surface area contributed by atoms with E-state index >= 15 is 0 Å². The number of nitrogens with one attached hydrogen (secondary N) is 1. The Labute approximate surface area is 145 Å². The normalized spacial score (nSPS) is 16.5. The second kappa shape index (κ2) is 6.13. The van der Waals surface area contributed by atoms with Gasteiger partial charge in [0.1, 0.15) is 5.82 Å². The van der Waals surface area contributed by atoms with E-state index in [4.69, 9.17) is 11.6 Å². The van der Waals surface area contributed by atoms with Crippen LogP contribution in [-0.2, 0) is 11.3 Å². The number of aromatic nitrogens is 2. The number of benzene rings is 2. The Hall–Kier alpha value is -2.59. The molecule has 1 atom stereocenters. The van der Waals surface area contributed by atoms with Crippen LogP contribution in [0.4, 0.5) is 5.82 Å². The lowest BCUT2D eigenvalue weighted by Gasteiger charge is -2.24. The van der Waals surface area contributed by atoms with Gasteiger partial charge in [-0.05, 0) is 23.3 Å². The van der Waals surface area contributed by atoms with E-state index in [1.807, 2.05) is 65.5 Å². The summed E-state index contributed by atoms with van der Waals surface area (Å²) in [4.78, 5) is 12.2. The summed E-state index contributed by atoms with van der Waals surface area (Å²) in [5.74, 6) is 0.763. The van der Waals surface area contributed by atoms with Crippen LogP contribution in [-0.4, -0.2) is 15.7 Å². The van der Waals surface area contributed by atoms with Crippen LogP contribution in [0, 0.1) is 0 Å². The zero-order valence-electron chi connectivity index (χ0n) is 12.9. The molecular weight excluding hydrogens is 322 g/mol. The summed E-state index contributed by atoms with van der Waals surface area (Å²) in [5.41, 5.74) is 3.22. The molecule has 120 valence electrons. The summed E-state index contributed by atoms with van der Waals surface area (Å²) < 4.78 is 1.85. The highest BCUT2D eigenvalue weighted by molar-refractivity contribution is 6.30. The summed E-state index contributed by atoms with van der Waals surface area (Å²) in [7, 11) is 0. The average molecular weight is 338 g/mol. The van der Waals surface area contributed by atoms with E-state index < -0.39 is 0 Å². The number of carbonyl (C=O) groups is 1. The number of carbonyl (C=O) groups excluding carboxylic acids is 1. The summed E-state index contributed by atoms with van der Waals surface area (Å²) in [6, 6.07) is 17.8. The van der Waals surface area contributed by atoms with E-state index in [1.54, 1.807) is 0 Å². The van der Waals surface area contributed by atoms with Crippen molar-refractivity contribution < 1.29 is 4.79 Å². The number of hydrogen-bond acceptors (Lipinski definition) is 2. The summed E-state index contributed by atoms with van der Waals surface area (Å²) >= 11 is 6.12. The molecule has 1 amide bonds. The third-order valence-electron chi connectivity index (χ3n) is 4.32. The number of anilines is 1. The molecule has 0 saturated carbocycles. The molecule has 0 aliphatic carbocycles. The van der Waals surface area contributed by atoms with Gasteiger partial charge in [0.25, 0.3) is 0 Å². The minimum absolute atomic E-state index is 0.00212. The Morgan fingerprint density at radius 1 is 1.17 bits per heavy atom. The second-order valence-electron chi connectivity index (χ2n) is 5.95. The van der Waals surface area contributed by atoms with Gasteiger partial charge in [-0.3, -0.25) is 4.79 Å². The molecule has 0 saturated heterocycles. The Bertz CT molecular complexity index is 889. The van der Waals surface area contributed by atoms with Gasteiger partial charge < -0.3 is 5.32 Å². The average Bonchev–Trinajstić information content (AvgIpc) is 2.98. The fraction of sp³-hybridized carbons (Fsp3) is 0.158. The maximum absolute atomic E-state index is 12.2. The van der Waals surface area contributed by atoms with Crippen molar-refractivity contribution in [1.29, 1.82) is 0 Å². The summed E-state index contributed by atoms with van der Waals surface area (Å²) in [6.45, 7) is 0.624. The molecule has 0 fully saturated rings. The van der Waals surface area contributed by atoms with Crippen molar-refractivity contribution in [3.05, 3.63) is 82.5 Å². The van der Waals surface area contributed by atoms with Gasteiger partial charge in [-0.15, -0.1) is 0 Å². The number of fused-ring (bicyclic) bond motifs is 1. The molecule has 4 nitrogen and oxygen atoms in total. The van der Waals surface area contributed by atoms with E-state index in [1.165, 1.54) is 0 Å². The SMILES string of the molecule is O=C1C[C@@H](c2cccc(Cl)c2)c2cnn(Cc3ccccc3)c2N1. The van der Waals surface area contributed by atoms with Crippen molar-refractivity contribution >= 4 is 23.3 Å². The van der Waals surface area contributed by atoms with Gasteiger partial charge in [0.2, 0.25) is 5.91 Å². The second-order valence-corrected chi connectivity index (χ2v) is 6.39. The highest BCUT2D eigenvalue weighted by Gasteiger charge is 2.30. The first-order valence-electron chi connectivity index (χ1n) is 7.85.